The summed E-state index contributed by atoms with van der Waals surface area (Å²) in [6, 6.07) is 6.83. The van der Waals surface area contributed by atoms with E-state index in [2.05, 4.69) is 5.32 Å². The molecule has 1 rings (SSSR count). The van der Waals surface area contributed by atoms with E-state index in [1.165, 1.54) is 7.11 Å². The van der Waals surface area contributed by atoms with Crippen LogP contribution in [0.5, 0.6) is 5.75 Å². The SMILES string of the molecule is CCNCC(OC(C)C(F)(F)F)c1ccc(OC)cc1. The molecular weight excluding hydrogens is 271 g/mol. The summed E-state index contributed by atoms with van der Waals surface area (Å²) >= 11 is 0. The Balaban J connectivity index is 2.81. The average molecular weight is 291 g/mol. The van der Waals surface area contributed by atoms with Gasteiger partial charge in [-0.25, -0.2) is 0 Å². The predicted molar refractivity (Wildman–Crippen MR) is 70.9 cm³/mol. The van der Waals surface area contributed by atoms with Gasteiger partial charge in [0.2, 0.25) is 0 Å². The lowest BCUT2D eigenvalue weighted by Gasteiger charge is -2.24. The van der Waals surface area contributed by atoms with E-state index in [4.69, 9.17) is 9.47 Å². The number of methoxy groups -OCH3 is 1. The molecule has 0 aliphatic rings. The highest BCUT2D eigenvalue weighted by molar-refractivity contribution is 5.28. The van der Waals surface area contributed by atoms with E-state index in [1.54, 1.807) is 24.3 Å². The van der Waals surface area contributed by atoms with Gasteiger partial charge in [-0.1, -0.05) is 19.1 Å². The molecule has 0 fully saturated rings. The fourth-order valence-corrected chi connectivity index (χ4v) is 1.66. The topological polar surface area (TPSA) is 30.5 Å². The van der Waals surface area contributed by atoms with Crippen molar-refractivity contribution in [2.24, 2.45) is 0 Å². The molecule has 0 saturated heterocycles. The first-order chi connectivity index (χ1) is 9.38. The number of alkyl halides is 3. The van der Waals surface area contributed by atoms with Crippen LogP contribution in [0.2, 0.25) is 0 Å². The smallest absolute Gasteiger partial charge is 0.414 e. The van der Waals surface area contributed by atoms with E-state index in [1.807, 2.05) is 6.92 Å². The van der Waals surface area contributed by atoms with E-state index < -0.39 is 18.4 Å². The molecular formula is C14H20F3NO2. The largest absolute Gasteiger partial charge is 0.497 e. The van der Waals surface area contributed by atoms with E-state index >= 15 is 0 Å². The highest BCUT2D eigenvalue weighted by atomic mass is 19.4. The lowest BCUT2D eigenvalue weighted by molar-refractivity contribution is -0.227. The third kappa shape index (κ3) is 5.02. The van der Waals surface area contributed by atoms with Crippen molar-refractivity contribution in [1.82, 2.24) is 5.32 Å². The van der Waals surface area contributed by atoms with Crippen LogP contribution < -0.4 is 10.1 Å². The van der Waals surface area contributed by atoms with Gasteiger partial charge in [0, 0.05) is 6.54 Å². The quantitative estimate of drug-likeness (QED) is 0.836. The van der Waals surface area contributed by atoms with Crippen molar-refractivity contribution in [3.05, 3.63) is 29.8 Å². The minimum absolute atomic E-state index is 0.323. The Morgan fingerprint density at radius 3 is 2.25 bits per heavy atom. The minimum Gasteiger partial charge on any atom is -0.497 e. The zero-order valence-corrected chi connectivity index (χ0v) is 11.8. The van der Waals surface area contributed by atoms with Crippen LogP contribution in [0.1, 0.15) is 25.5 Å². The van der Waals surface area contributed by atoms with Crippen molar-refractivity contribution in [2.75, 3.05) is 20.2 Å². The number of likely N-dealkylation sites (N-methyl/N-ethyl adjacent to an activating group) is 1. The molecule has 0 heterocycles. The number of benzene rings is 1. The molecule has 0 radical (unpaired) electrons. The first kappa shape index (κ1) is 16.8. The van der Waals surface area contributed by atoms with Crippen molar-refractivity contribution in [3.63, 3.8) is 0 Å². The van der Waals surface area contributed by atoms with Crippen LogP contribution in [0, 0.1) is 0 Å². The fourth-order valence-electron chi connectivity index (χ4n) is 1.66. The van der Waals surface area contributed by atoms with Gasteiger partial charge in [0.1, 0.15) is 5.75 Å². The Bertz CT molecular complexity index is 392. The van der Waals surface area contributed by atoms with Gasteiger partial charge in [-0.05, 0) is 31.2 Å². The molecule has 3 nitrogen and oxygen atoms in total. The molecule has 0 spiro atoms. The highest BCUT2D eigenvalue weighted by Gasteiger charge is 2.38. The van der Waals surface area contributed by atoms with Gasteiger partial charge in [-0.15, -0.1) is 0 Å². The number of ether oxygens (including phenoxy) is 2. The first-order valence-corrected chi connectivity index (χ1v) is 6.45. The van der Waals surface area contributed by atoms with Crippen molar-refractivity contribution in [1.29, 1.82) is 0 Å². The van der Waals surface area contributed by atoms with Gasteiger partial charge < -0.3 is 14.8 Å². The third-order valence-electron chi connectivity index (χ3n) is 2.90. The highest BCUT2D eigenvalue weighted by Crippen LogP contribution is 2.28. The number of halogens is 3. The van der Waals surface area contributed by atoms with Crippen LogP contribution in [-0.2, 0) is 4.74 Å². The monoisotopic (exact) mass is 291 g/mol. The standard InChI is InChI=1S/C14H20F3NO2/c1-4-18-9-13(20-10(2)14(15,16)17)11-5-7-12(19-3)8-6-11/h5-8,10,13,18H,4,9H2,1-3H3. The summed E-state index contributed by atoms with van der Waals surface area (Å²) < 4.78 is 48.0. The summed E-state index contributed by atoms with van der Waals surface area (Å²) in [5.41, 5.74) is 0.683. The van der Waals surface area contributed by atoms with Gasteiger partial charge in [-0.3, -0.25) is 0 Å². The Kier molecular flexibility index (Phi) is 6.29. The molecule has 20 heavy (non-hydrogen) atoms. The maximum absolute atomic E-state index is 12.6. The van der Waals surface area contributed by atoms with Crippen molar-refractivity contribution in [2.45, 2.75) is 32.2 Å². The second-order valence-electron chi connectivity index (χ2n) is 4.39. The Morgan fingerprint density at radius 2 is 1.80 bits per heavy atom. The van der Waals surface area contributed by atoms with Crippen LogP contribution in [-0.4, -0.2) is 32.5 Å². The summed E-state index contributed by atoms with van der Waals surface area (Å²) in [6.07, 6.45) is -6.83. The summed E-state index contributed by atoms with van der Waals surface area (Å²) in [7, 11) is 1.54. The molecule has 1 aromatic carbocycles. The van der Waals surface area contributed by atoms with Gasteiger partial charge in [0.25, 0.3) is 0 Å². The normalized spacial score (nSPS) is 14.9. The molecule has 0 aromatic heterocycles. The van der Waals surface area contributed by atoms with E-state index in [-0.39, 0.29) is 0 Å². The molecule has 2 atom stereocenters. The molecule has 0 bridgehead atoms. The van der Waals surface area contributed by atoms with Crippen LogP contribution in [0.4, 0.5) is 13.2 Å². The molecule has 114 valence electrons. The number of hydrogen-bond acceptors (Lipinski definition) is 3. The molecule has 1 N–H and O–H groups in total. The van der Waals surface area contributed by atoms with Crippen LogP contribution in [0.25, 0.3) is 0 Å². The molecule has 6 heteroatoms. The number of rotatable bonds is 7. The van der Waals surface area contributed by atoms with Crippen LogP contribution >= 0.6 is 0 Å². The number of nitrogens with one attached hydrogen (secondary N) is 1. The van der Waals surface area contributed by atoms with E-state index in [0.717, 1.165) is 6.92 Å². The molecule has 2 unspecified atom stereocenters. The molecule has 0 aliphatic heterocycles. The first-order valence-electron chi connectivity index (χ1n) is 6.45. The lowest BCUT2D eigenvalue weighted by atomic mass is 10.1. The van der Waals surface area contributed by atoms with Gasteiger partial charge >= 0.3 is 6.18 Å². The zero-order chi connectivity index (χ0) is 15.2. The fraction of sp³-hybridized carbons (Fsp3) is 0.571. The van der Waals surface area contributed by atoms with E-state index in [9.17, 15) is 13.2 Å². The van der Waals surface area contributed by atoms with E-state index in [0.29, 0.717) is 24.4 Å². The predicted octanol–water partition coefficient (Wildman–Crippen LogP) is 3.31. The molecule has 1 aromatic rings. The van der Waals surface area contributed by atoms with Gasteiger partial charge in [-0.2, -0.15) is 13.2 Å². The van der Waals surface area contributed by atoms with Crippen molar-refractivity contribution < 1.29 is 22.6 Å². The lowest BCUT2D eigenvalue weighted by Crippen LogP contribution is -2.33. The summed E-state index contributed by atoms with van der Waals surface area (Å²) in [5.74, 6) is 0.653. The second kappa shape index (κ2) is 7.50. The minimum atomic E-state index is -4.36. The van der Waals surface area contributed by atoms with Crippen LogP contribution in [0.3, 0.4) is 0 Å². The Labute approximate surface area is 117 Å². The maximum atomic E-state index is 12.6. The summed E-state index contributed by atoms with van der Waals surface area (Å²) in [4.78, 5) is 0. The number of hydrogen-bond donors (Lipinski definition) is 1. The third-order valence-corrected chi connectivity index (χ3v) is 2.90. The van der Waals surface area contributed by atoms with Crippen molar-refractivity contribution >= 4 is 0 Å². The van der Waals surface area contributed by atoms with Crippen LogP contribution in [0.15, 0.2) is 24.3 Å². The Hall–Kier alpha value is -1.27. The zero-order valence-electron chi connectivity index (χ0n) is 11.8. The average Bonchev–Trinajstić information content (AvgIpc) is 2.42. The summed E-state index contributed by atoms with van der Waals surface area (Å²) in [5, 5.41) is 3.01. The molecule has 0 amide bonds. The molecule has 0 saturated carbocycles. The maximum Gasteiger partial charge on any atom is 0.414 e. The molecule has 0 aliphatic carbocycles. The van der Waals surface area contributed by atoms with Gasteiger partial charge in [0.05, 0.1) is 13.2 Å². The van der Waals surface area contributed by atoms with Gasteiger partial charge in [0.15, 0.2) is 6.10 Å². The van der Waals surface area contributed by atoms with Crippen molar-refractivity contribution in [3.8, 4) is 5.75 Å². The second-order valence-corrected chi connectivity index (χ2v) is 4.39. The Morgan fingerprint density at radius 1 is 1.20 bits per heavy atom. The summed E-state index contributed by atoms with van der Waals surface area (Å²) in [6.45, 7) is 3.89.